The van der Waals surface area contributed by atoms with Gasteiger partial charge in [-0.2, -0.15) is 5.10 Å². The molecule has 0 saturated heterocycles. The lowest BCUT2D eigenvalue weighted by Crippen LogP contribution is -2.02. The highest BCUT2D eigenvalue weighted by Gasteiger charge is 2.02. The first kappa shape index (κ1) is 17.9. The van der Waals surface area contributed by atoms with Crippen LogP contribution in [-0.4, -0.2) is 28.5 Å². The van der Waals surface area contributed by atoms with E-state index in [0.29, 0.717) is 19.1 Å². The number of aliphatic hydroxyl groups excluding tert-OH is 1. The molecule has 5 nitrogen and oxygen atoms in total. The van der Waals surface area contributed by atoms with E-state index in [-0.39, 0.29) is 6.61 Å². The quantitative estimate of drug-likeness (QED) is 0.642. The number of aromatic nitrogens is 2. The van der Waals surface area contributed by atoms with Gasteiger partial charge in [-0.3, -0.25) is 0 Å². The minimum atomic E-state index is 0.0193. The topological polar surface area (TPSA) is 64.5 Å². The van der Waals surface area contributed by atoms with Crippen LogP contribution >= 0.6 is 0 Å². The molecule has 0 radical (unpaired) electrons. The molecule has 3 aromatic rings. The molecule has 134 valence electrons. The van der Waals surface area contributed by atoms with E-state index in [2.05, 4.69) is 10.2 Å². The van der Waals surface area contributed by atoms with Crippen molar-refractivity contribution in [2.45, 2.75) is 19.4 Å². The first-order valence-corrected chi connectivity index (χ1v) is 8.65. The number of benzene rings is 2. The number of rotatable bonds is 9. The van der Waals surface area contributed by atoms with E-state index in [1.54, 1.807) is 0 Å². The van der Waals surface area contributed by atoms with Gasteiger partial charge in [0.05, 0.1) is 12.3 Å². The summed E-state index contributed by atoms with van der Waals surface area (Å²) in [7, 11) is 0. The number of aliphatic hydroxyl groups is 1. The second-order valence-corrected chi connectivity index (χ2v) is 5.85. The van der Waals surface area contributed by atoms with Crippen LogP contribution in [0.5, 0.6) is 11.6 Å². The summed E-state index contributed by atoms with van der Waals surface area (Å²) in [6, 6.07) is 21.7. The highest BCUT2D eigenvalue weighted by atomic mass is 16.5. The first-order chi connectivity index (χ1) is 12.8. The molecule has 0 aliphatic heterocycles. The summed E-state index contributed by atoms with van der Waals surface area (Å²) in [6.45, 7) is 0.818. The van der Waals surface area contributed by atoms with Gasteiger partial charge in [0.2, 0.25) is 5.88 Å². The monoisotopic (exact) mass is 350 g/mol. The van der Waals surface area contributed by atoms with Gasteiger partial charge in [-0.05, 0) is 42.2 Å². The molecule has 0 bridgehead atoms. The van der Waals surface area contributed by atoms with E-state index in [4.69, 9.17) is 14.6 Å². The lowest BCUT2D eigenvalue weighted by molar-refractivity contribution is 0.201. The van der Waals surface area contributed by atoms with Crippen LogP contribution in [0, 0.1) is 0 Å². The fourth-order valence-electron chi connectivity index (χ4n) is 2.48. The molecule has 26 heavy (non-hydrogen) atoms. The lowest BCUT2D eigenvalue weighted by Gasteiger charge is -2.07. The van der Waals surface area contributed by atoms with Gasteiger partial charge in [0, 0.05) is 6.07 Å². The van der Waals surface area contributed by atoms with Crippen molar-refractivity contribution in [2.75, 3.05) is 13.2 Å². The van der Waals surface area contributed by atoms with Crippen molar-refractivity contribution >= 4 is 0 Å². The Morgan fingerprint density at radius 2 is 1.54 bits per heavy atom. The minimum absolute atomic E-state index is 0.0193. The number of hydrogen-bond acceptors (Lipinski definition) is 5. The largest absolute Gasteiger partial charge is 0.491 e. The Labute approximate surface area is 153 Å². The number of hydrogen-bond donors (Lipinski definition) is 1. The van der Waals surface area contributed by atoms with Crippen molar-refractivity contribution in [1.82, 2.24) is 10.2 Å². The van der Waals surface area contributed by atoms with Gasteiger partial charge in [-0.15, -0.1) is 5.10 Å². The van der Waals surface area contributed by atoms with E-state index in [1.807, 2.05) is 66.7 Å². The predicted octanol–water partition coefficient (Wildman–Crippen LogP) is 3.21. The Balaban J connectivity index is 1.46. The van der Waals surface area contributed by atoms with Gasteiger partial charge in [0.15, 0.2) is 0 Å². The van der Waals surface area contributed by atoms with Crippen LogP contribution in [0.15, 0.2) is 66.7 Å². The summed E-state index contributed by atoms with van der Waals surface area (Å²) < 4.78 is 11.0. The third kappa shape index (κ3) is 5.57. The lowest BCUT2D eigenvalue weighted by atomic mass is 10.1. The third-order valence-electron chi connectivity index (χ3n) is 3.88. The zero-order valence-corrected chi connectivity index (χ0v) is 14.5. The molecular weight excluding hydrogens is 328 g/mol. The highest BCUT2D eigenvalue weighted by Crippen LogP contribution is 2.14. The van der Waals surface area contributed by atoms with Crippen molar-refractivity contribution in [2.24, 2.45) is 0 Å². The fraction of sp³-hybridized carbons (Fsp3) is 0.238. The maximum atomic E-state index is 8.76. The zero-order valence-electron chi connectivity index (χ0n) is 14.5. The Hall–Kier alpha value is -2.92. The van der Waals surface area contributed by atoms with E-state index in [0.717, 1.165) is 29.8 Å². The molecule has 0 aliphatic carbocycles. The molecule has 2 aromatic carbocycles. The summed E-state index contributed by atoms with van der Waals surface area (Å²) >= 11 is 0. The molecule has 0 aliphatic rings. The molecular formula is C21H22N2O3. The number of nitrogens with zero attached hydrogens (tertiary/aromatic N) is 2. The van der Waals surface area contributed by atoms with E-state index < -0.39 is 0 Å². The Morgan fingerprint density at radius 1 is 0.731 bits per heavy atom. The average Bonchev–Trinajstić information content (AvgIpc) is 2.71. The van der Waals surface area contributed by atoms with Gasteiger partial charge < -0.3 is 14.6 Å². The van der Waals surface area contributed by atoms with E-state index >= 15 is 0 Å². The van der Waals surface area contributed by atoms with Crippen molar-refractivity contribution < 1.29 is 14.6 Å². The van der Waals surface area contributed by atoms with Crippen LogP contribution in [0.2, 0.25) is 0 Å². The van der Waals surface area contributed by atoms with E-state index in [1.165, 1.54) is 5.56 Å². The second-order valence-electron chi connectivity index (χ2n) is 5.85. The molecule has 0 amide bonds. The molecule has 0 saturated carbocycles. The Kier molecular flexibility index (Phi) is 6.56. The summed E-state index contributed by atoms with van der Waals surface area (Å²) in [4.78, 5) is 0. The van der Waals surface area contributed by atoms with Crippen molar-refractivity contribution in [3.8, 4) is 11.6 Å². The summed E-state index contributed by atoms with van der Waals surface area (Å²) in [5.74, 6) is 1.30. The fourth-order valence-corrected chi connectivity index (χ4v) is 2.48. The van der Waals surface area contributed by atoms with Gasteiger partial charge >= 0.3 is 0 Å². The standard InChI is InChI=1S/C21H22N2O3/c24-14-15-25-20-11-7-17(8-12-20)6-9-19-10-13-21(23-22-19)26-16-18-4-2-1-3-5-18/h1-5,7-8,10-13,24H,6,9,14-16H2. The van der Waals surface area contributed by atoms with Gasteiger partial charge in [-0.1, -0.05) is 42.5 Å². The average molecular weight is 350 g/mol. The van der Waals surface area contributed by atoms with Crippen LogP contribution in [0.4, 0.5) is 0 Å². The zero-order chi connectivity index (χ0) is 18.0. The van der Waals surface area contributed by atoms with Crippen LogP contribution in [0.25, 0.3) is 0 Å². The third-order valence-corrected chi connectivity index (χ3v) is 3.88. The SMILES string of the molecule is OCCOc1ccc(CCc2ccc(OCc3ccccc3)nn2)cc1. The molecule has 5 heteroatoms. The Bertz CT molecular complexity index is 775. The normalized spacial score (nSPS) is 10.5. The predicted molar refractivity (Wildman–Crippen MR) is 99.2 cm³/mol. The highest BCUT2D eigenvalue weighted by molar-refractivity contribution is 5.28. The molecule has 0 fully saturated rings. The summed E-state index contributed by atoms with van der Waals surface area (Å²) in [6.07, 6.45) is 1.68. The van der Waals surface area contributed by atoms with Crippen LogP contribution in [-0.2, 0) is 19.4 Å². The minimum Gasteiger partial charge on any atom is -0.491 e. The Morgan fingerprint density at radius 3 is 2.23 bits per heavy atom. The number of aryl methyl sites for hydroxylation is 2. The summed E-state index contributed by atoms with van der Waals surface area (Å²) in [5.41, 5.74) is 3.23. The van der Waals surface area contributed by atoms with Crippen LogP contribution < -0.4 is 9.47 Å². The molecule has 1 heterocycles. The van der Waals surface area contributed by atoms with E-state index in [9.17, 15) is 0 Å². The molecule has 1 N–H and O–H groups in total. The second kappa shape index (κ2) is 9.53. The first-order valence-electron chi connectivity index (χ1n) is 8.65. The molecule has 1 aromatic heterocycles. The molecule has 3 rings (SSSR count). The van der Waals surface area contributed by atoms with Gasteiger partial charge in [0.1, 0.15) is 19.0 Å². The number of ether oxygens (including phenoxy) is 2. The smallest absolute Gasteiger partial charge is 0.233 e. The van der Waals surface area contributed by atoms with Crippen LogP contribution in [0.3, 0.4) is 0 Å². The van der Waals surface area contributed by atoms with Crippen LogP contribution in [0.1, 0.15) is 16.8 Å². The van der Waals surface area contributed by atoms with Crippen molar-refractivity contribution in [1.29, 1.82) is 0 Å². The van der Waals surface area contributed by atoms with Crippen molar-refractivity contribution in [3.63, 3.8) is 0 Å². The maximum absolute atomic E-state index is 8.76. The molecule has 0 atom stereocenters. The van der Waals surface area contributed by atoms with Gasteiger partial charge in [-0.25, -0.2) is 0 Å². The maximum Gasteiger partial charge on any atom is 0.233 e. The summed E-state index contributed by atoms with van der Waals surface area (Å²) in [5, 5.41) is 17.1. The van der Waals surface area contributed by atoms with Gasteiger partial charge in [0.25, 0.3) is 0 Å². The molecule has 0 spiro atoms. The van der Waals surface area contributed by atoms with Crippen molar-refractivity contribution in [3.05, 3.63) is 83.6 Å². The molecule has 0 unspecified atom stereocenters.